The Morgan fingerprint density at radius 3 is 2.39 bits per heavy atom. The monoisotopic (exact) mass is 246 g/mol. The highest BCUT2D eigenvalue weighted by molar-refractivity contribution is 5.94. The lowest BCUT2D eigenvalue weighted by atomic mass is 9.96. The summed E-state index contributed by atoms with van der Waals surface area (Å²) in [4.78, 5) is 14.3. The summed E-state index contributed by atoms with van der Waals surface area (Å²) < 4.78 is 0. The smallest absolute Gasteiger partial charge is 0.251 e. The Balaban J connectivity index is 1.96. The fourth-order valence-electron chi connectivity index (χ4n) is 2.75. The molecule has 0 saturated heterocycles. The van der Waals surface area contributed by atoms with Gasteiger partial charge in [-0.05, 0) is 39.1 Å². The Kier molecular flexibility index (Phi) is 4.02. The quantitative estimate of drug-likeness (QED) is 0.884. The summed E-state index contributed by atoms with van der Waals surface area (Å²) in [5.41, 5.74) is 0.897. The van der Waals surface area contributed by atoms with Crippen LogP contribution in [-0.4, -0.2) is 37.0 Å². The Bertz CT molecular complexity index is 394. The Labute approximate surface area is 109 Å². The molecule has 0 atom stereocenters. The number of carbonyl (C=O) groups excluding carboxylic acids is 1. The van der Waals surface area contributed by atoms with Gasteiger partial charge in [0.2, 0.25) is 0 Å². The van der Waals surface area contributed by atoms with Crippen molar-refractivity contribution >= 4 is 5.91 Å². The molecule has 1 aromatic rings. The van der Waals surface area contributed by atoms with Crippen LogP contribution in [0.1, 0.15) is 36.0 Å². The minimum absolute atomic E-state index is 0.0312. The summed E-state index contributed by atoms with van der Waals surface area (Å²) >= 11 is 0. The van der Waals surface area contributed by atoms with Gasteiger partial charge in [-0.25, -0.2) is 0 Å². The van der Waals surface area contributed by atoms with Gasteiger partial charge in [-0.1, -0.05) is 31.0 Å². The van der Waals surface area contributed by atoms with Crippen molar-refractivity contribution < 1.29 is 4.79 Å². The zero-order valence-corrected chi connectivity index (χ0v) is 11.3. The van der Waals surface area contributed by atoms with Crippen LogP contribution in [0.2, 0.25) is 0 Å². The van der Waals surface area contributed by atoms with Crippen LogP contribution in [-0.2, 0) is 0 Å². The van der Waals surface area contributed by atoms with Crippen molar-refractivity contribution in [2.24, 2.45) is 0 Å². The third-order valence-electron chi connectivity index (χ3n) is 4.10. The van der Waals surface area contributed by atoms with Crippen LogP contribution in [0.25, 0.3) is 0 Å². The van der Waals surface area contributed by atoms with E-state index >= 15 is 0 Å². The maximum Gasteiger partial charge on any atom is 0.251 e. The molecular formula is C15H22N2O. The largest absolute Gasteiger partial charge is 0.350 e. The Hall–Kier alpha value is -1.35. The standard InChI is InChI=1S/C15H22N2O/c1-17(2)15(10-6-7-11-15)12-16-14(18)13-8-4-3-5-9-13/h3-5,8-9H,6-7,10-12H2,1-2H3,(H,16,18). The third kappa shape index (κ3) is 2.72. The van der Waals surface area contributed by atoms with Gasteiger partial charge in [0.25, 0.3) is 5.91 Å². The molecule has 1 aromatic carbocycles. The lowest BCUT2D eigenvalue weighted by Gasteiger charge is -2.36. The molecule has 3 nitrogen and oxygen atoms in total. The average molecular weight is 246 g/mol. The van der Waals surface area contributed by atoms with Crippen LogP contribution in [0.4, 0.5) is 0 Å². The molecule has 0 aromatic heterocycles. The predicted molar refractivity (Wildman–Crippen MR) is 73.7 cm³/mol. The van der Waals surface area contributed by atoms with Crippen LogP contribution < -0.4 is 5.32 Å². The van der Waals surface area contributed by atoms with Crippen LogP contribution in [0.5, 0.6) is 0 Å². The van der Waals surface area contributed by atoms with E-state index in [4.69, 9.17) is 0 Å². The number of nitrogens with one attached hydrogen (secondary N) is 1. The number of nitrogens with zero attached hydrogens (tertiary/aromatic N) is 1. The number of carbonyl (C=O) groups is 1. The summed E-state index contributed by atoms with van der Waals surface area (Å²) in [6.45, 7) is 0.744. The first-order chi connectivity index (χ1) is 8.64. The van der Waals surface area contributed by atoms with E-state index in [9.17, 15) is 4.79 Å². The zero-order chi connectivity index (χ0) is 13.0. The highest BCUT2D eigenvalue weighted by Gasteiger charge is 2.36. The molecule has 1 amide bonds. The molecule has 2 rings (SSSR count). The minimum atomic E-state index is 0.0312. The molecule has 1 N–H and O–H groups in total. The summed E-state index contributed by atoms with van der Waals surface area (Å²) in [6, 6.07) is 9.42. The van der Waals surface area contributed by atoms with Gasteiger partial charge in [0.15, 0.2) is 0 Å². The first-order valence-corrected chi connectivity index (χ1v) is 6.65. The fraction of sp³-hybridized carbons (Fsp3) is 0.533. The molecule has 0 radical (unpaired) electrons. The third-order valence-corrected chi connectivity index (χ3v) is 4.10. The van der Waals surface area contributed by atoms with Crippen molar-refractivity contribution in [3.8, 4) is 0 Å². The fourth-order valence-corrected chi connectivity index (χ4v) is 2.75. The topological polar surface area (TPSA) is 32.3 Å². The van der Waals surface area contributed by atoms with Gasteiger partial charge in [-0.2, -0.15) is 0 Å². The summed E-state index contributed by atoms with van der Waals surface area (Å²) in [6.07, 6.45) is 4.88. The van der Waals surface area contributed by atoms with E-state index in [0.717, 1.165) is 12.1 Å². The molecule has 98 valence electrons. The molecule has 1 saturated carbocycles. The molecule has 0 aliphatic heterocycles. The molecule has 0 heterocycles. The van der Waals surface area contributed by atoms with Gasteiger partial charge in [0.05, 0.1) is 0 Å². The van der Waals surface area contributed by atoms with Crippen molar-refractivity contribution in [1.29, 1.82) is 0 Å². The first-order valence-electron chi connectivity index (χ1n) is 6.65. The molecule has 1 aliphatic carbocycles. The molecule has 18 heavy (non-hydrogen) atoms. The maximum absolute atomic E-state index is 12.0. The maximum atomic E-state index is 12.0. The average Bonchev–Trinajstić information content (AvgIpc) is 2.87. The highest BCUT2D eigenvalue weighted by Crippen LogP contribution is 2.33. The van der Waals surface area contributed by atoms with Gasteiger partial charge < -0.3 is 10.2 Å². The van der Waals surface area contributed by atoms with Crippen LogP contribution >= 0.6 is 0 Å². The van der Waals surface area contributed by atoms with Crippen LogP contribution in [0.3, 0.4) is 0 Å². The number of benzene rings is 1. The van der Waals surface area contributed by atoms with E-state index in [1.165, 1.54) is 25.7 Å². The van der Waals surface area contributed by atoms with E-state index < -0.39 is 0 Å². The van der Waals surface area contributed by atoms with Crippen molar-refractivity contribution in [1.82, 2.24) is 10.2 Å². The van der Waals surface area contributed by atoms with Gasteiger partial charge in [0.1, 0.15) is 0 Å². The second kappa shape index (κ2) is 5.53. The highest BCUT2D eigenvalue weighted by atomic mass is 16.1. The second-order valence-corrected chi connectivity index (χ2v) is 5.37. The predicted octanol–water partition coefficient (Wildman–Crippen LogP) is 2.29. The number of rotatable bonds is 4. The van der Waals surface area contributed by atoms with Gasteiger partial charge in [-0.15, -0.1) is 0 Å². The van der Waals surface area contributed by atoms with E-state index in [1.807, 2.05) is 30.3 Å². The number of hydrogen-bond acceptors (Lipinski definition) is 2. The van der Waals surface area contributed by atoms with Crippen molar-refractivity contribution in [3.63, 3.8) is 0 Å². The number of likely N-dealkylation sites (N-methyl/N-ethyl adjacent to an activating group) is 1. The molecule has 0 bridgehead atoms. The molecular weight excluding hydrogens is 224 g/mol. The van der Waals surface area contributed by atoms with E-state index in [0.29, 0.717) is 0 Å². The first kappa shape index (κ1) is 13.1. The minimum Gasteiger partial charge on any atom is -0.350 e. The second-order valence-electron chi connectivity index (χ2n) is 5.37. The van der Waals surface area contributed by atoms with Crippen molar-refractivity contribution in [2.75, 3.05) is 20.6 Å². The summed E-state index contributed by atoms with van der Waals surface area (Å²) in [5, 5.41) is 3.08. The molecule has 0 unspecified atom stereocenters. The van der Waals surface area contributed by atoms with Crippen LogP contribution in [0, 0.1) is 0 Å². The van der Waals surface area contributed by atoms with Gasteiger partial charge in [-0.3, -0.25) is 4.79 Å². The van der Waals surface area contributed by atoms with Crippen molar-refractivity contribution in [2.45, 2.75) is 31.2 Å². The van der Waals surface area contributed by atoms with Gasteiger partial charge >= 0.3 is 0 Å². The van der Waals surface area contributed by atoms with E-state index in [2.05, 4.69) is 24.3 Å². The molecule has 1 aliphatic rings. The normalized spacial score (nSPS) is 17.9. The van der Waals surface area contributed by atoms with Gasteiger partial charge in [0, 0.05) is 17.6 Å². The molecule has 1 fully saturated rings. The molecule has 3 heteroatoms. The van der Waals surface area contributed by atoms with E-state index in [-0.39, 0.29) is 11.4 Å². The lowest BCUT2D eigenvalue weighted by molar-refractivity contribution is 0.0900. The zero-order valence-electron chi connectivity index (χ0n) is 11.3. The number of hydrogen-bond donors (Lipinski definition) is 1. The summed E-state index contributed by atoms with van der Waals surface area (Å²) in [7, 11) is 4.22. The SMILES string of the molecule is CN(C)C1(CNC(=O)c2ccccc2)CCCC1. The lowest BCUT2D eigenvalue weighted by Crippen LogP contribution is -2.50. The van der Waals surface area contributed by atoms with E-state index in [1.54, 1.807) is 0 Å². The Morgan fingerprint density at radius 1 is 1.22 bits per heavy atom. The number of amides is 1. The Morgan fingerprint density at radius 2 is 1.83 bits per heavy atom. The molecule has 0 spiro atoms. The summed E-state index contributed by atoms with van der Waals surface area (Å²) in [5.74, 6) is 0.0312. The van der Waals surface area contributed by atoms with Crippen molar-refractivity contribution in [3.05, 3.63) is 35.9 Å². The van der Waals surface area contributed by atoms with Crippen LogP contribution in [0.15, 0.2) is 30.3 Å².